The van der Waals surface area contributed by atoms with Gasteiger partial charge in [-0.2, -0.15) is 0 Å². The molecule has 0 spiro atoms. The van der Waals surface area contributed by atoms with E-state index in [-0.39, 0.29) is 0 Å². The van der Waals surface area contributed by atoms with Crippen molar-refractivity contribution >= 4 is 16.8 Å². The molecule has 1 fully saturated rings. The van der Waals surface area contributed by atoms with Gasteiger partial charge in [-0.15, -0.1) is 0 Å². The molecular formula is C19H32N4O2S. The van der Waals surface area contributed by atoms with Crippen molar-refractivity contribution in [2.75, 3.05) is 52.2 Å². The first-order valence-electron chi connectivity index (χ1n) is 9.31. The summed E-state index contributed by atoms with van der Waals surface area (Å²) in [6.45, 7) is 9.52. The van der Waals surface area contributed by atoms with E-state index in [1.807, 2.05) is 30.3 Å². The van der Waals surface area contributed by atoms with Crippen molar-refractivity contribution in [3.63, 3.8) is 0 Å². The van der Waals surface area contributed by atoms with Crippen LogP contribution in [0.25, 0.3) is 0 Å². The van der Waals surface area contributed by atoms with Gasteiger partial charge in [0.05, 0.1) is 24.0 Å². The quantitative estimate of drug-likeness (QED) is 0.526. The van der Waals surface area contributed by atoms with Crippen molar-refractivity contribution in [2.45, 2.75) is 24.8 Å². The molecule has 0 amide bonds. The highest BCUT2D eigenvalue weighted by molar-refractivity contribution is 7.85. The molecule has 0 aromatic heterocycles. The van der Waals surface area contributed by atoms with Gasteiger partial charge >= 0.3 is 0 Å². The third kappa shape index (κ3) is 6.70. The highest BCUT2D eigenvalue weighted by atomic mass is 32.2. The van der Waals surface area contributed by atoms with Gasteiger partial charge in [0, 0.05) is 49.9 Å². The van der Waals surface area contributed by atoms with Crippen LogP contribution in [0, 0.1) is 5.92 Å². The van der Waals surface area contributed by atoms with Crippen LogP contribution in [-0.2, 0) is 15.5 Å². The monoisotopic (exact) mass is 380 g/mol. The standard InChI is InChI=1S/C19H32N4O2S/c1-16(2)18(23-10-12-25-13-11-23)15-22-19(20-3)21-9-14-26(24)17-7-5-4-6-8-17/h4-8,16,18H,9-15H2,1-3H3,(H2,20,21,22). The fraction of sp³-hybridized carbons (Fsp3) is 0.632. The van der Waals surface area contributed by atoms with Gasteiger partial charge < -0.3 is 15.4 Å². The molecule has 2 atom stereocenters. The fourth-order valence-corrected chi connectivity index (χ4v) is 4.05. The average Bonchev–Trinajstić information content (AvgIpc) is 2.68. The number of benzene rings is 1. The van der Waals surface area contributed by atoms with E-state index in [2.05, 4.69) is 34.4 Å². The van der Waals surface area contributed by atoms with E-state index in [1.54, 1.807) is 7.05 Å². The maximum atomic E-state index is 12.3. The van der Waals surface area contributed by atoms with Crippen LogP contribution < -0.4 is 10.6 Å². The lowest BCUT2D eigenvalue weighted by molar-refractivity contribution is 0.00752. The molecule has 7 heteroatoms. The molecule has 2 unspecified atom stereocenters. The zero-order valence-electron chi connectivity index (χ0n) is 16.1. The average molecular weight is 381 g/mol. The minimum absolute atomic E-state index is 0.441. The first-order chi connectivity index (χ1) is 12.6. The van der Waals surface area contributed by atoms with Crippen LogP contribution in [0.3, 0.4) is 0 Å². The van der Waals surface area contributed by atoms with Crippen LogP contribution in [0.1, 0.15) is 13.8 Å². The first-order valence-corrected chi connectivity index (χ1v) is 10.6. The molecule has 0 radical (unpaired) electrons. The van der Waals surface area contributed by atoms with E-state index in [1.165, 1.54) is 0 Å². The number of ether oxygens (including phenoxy) is 1. The maximum absolute atomic E-state index is 12.3. The van der Waals surface area contributed by atoms with Gasteiger partial charge in [0.15, 0.2) is 5.96 Å². The molecule has 1 saturated heterocycles. The molecule has 1 aliphatic rings. The second-order valence-electron chi connectivity index (χ2n) is 6.70. The lowest BCUT2D eigenvalue weighted by Crippen LogP contribution is -2.52. The SMILES string of the molecule is CN=C(NCCS(=O)c1ccccc1)NCC(C(C)C)N1CCOCC1. The Morgan fingerprint density at radius 3 is 2.54 bits per heavy atom. The smallest absolute Gasteiger partial charge is 0.191 e. The summed E-state index contributed by atoms with van der Waals surface area (Å²) < 4.78 is 17.7. The second-order valence-corrected chi connectivity index (χ2v) is 8.27. The summed E-state index contributed by atoms with van der Waals surface area (Å²) >= 11 is 0. The van der Waals surface area contributed by atoms with Gasteiger partial charge in [0.2, 0.25) is 0 Å². The van der Waals surface area contributed by atoms with E-state index in [0.29, 0.717) is 24.3 Å². The Hall–Kier alpha value is -1.44. The molecule has 1 aromatic rings. The van der Waals surface area contributed by atoms with Gasteiger partial charge in [-0.05, 0) is 18.1 Å². The summed E-state index contributed by atoms with van der Waals surface area (Å²) in [4.78, 5) is 7.64. The zero-order valence-corrected chi connectivity index (χ0v) is 16.9. The molecule has 2 rings (SSSR count). The lowest BCUT2D eigenvalue weighted by Gasteiger charge is -2.37. The van der Waals surface area contributed by atoms with Crippen molar-refractivity contribution in [3.8, 4) is 0 Å². The highest BCUT2D eigenvalue weighted by Gasteiger charge is 2.23. The molecule has 2 N–H and O–H groups in total. The van der Waals surface area contributed by atoms with Crippen LogP contribution in [0.2, 0.25) is 0 Å². The number of aliphatic imine (C=N–C) groups is 1. The summed E-state index contributed by atoms with van der Waals surface area (Å²) in [5, 5.41) is 6.69. The van der Waals surface area contributed by atoms with Crippen LogP contribution in [0.4, 0.5) is 0 Å². The molecular weight excluding hydrogens is 348 g/mol. The molecule has 1 aliphatic heterocycles. The molecule has 146 valence electrons. The van der Waals surface area contributed by atoms with Crippen LogP contribution >= 0.6 is 0 Å². The van der Waals surface area contributed by atoms with E-state index in [9.17, 15) is 4.21 Å². The van der Waals surface area contributed by atoms with E-state index >= 15 is 0 Å². The van der Waals surface area contributed by atoms with E-state index in [0.717, 1.165) is 43.7 Å². The summed E-state index contributed by atoms with van der Waals surface area (Å²) in [6.07, 6.45) is 0. The molecule has 0 saturated carbocycles. The first kappa shape index (κ1) is 20.9. The largest absolute Gasteiger partial charge is 0.379 e. The normalized spacial score (nSPS) is 18.5. The van der Waals surface area contributed by atoms with Crippen molar-refractivity contribution in [1.29, 1.82) is 0 Å². The minimum atomic E-state index is -0.993. The topological polar surface area (TPSA) is 66.0 Å². The zero-order chi connectivity index (χ0) is 18.8. The number of nitrogens with zero attached hydrogens (tertiary/aromatic N) is 2. The number of hydrogen-bond acceptors (Lipinski definition) is 4. The Labute approximate surface area is 159 Å². The van der Waals surface area contributed by atoms with E-state index < -0.39 is 10.8 Å². The summed E-state index contributed by atoms with van der Waals surface area (Å²) in [7, 11) is 0.773. The number of rotatable bonds is 8. The van der Waals surface area contributed by atoms with Crippen LogP contribution in [0.15, 0.2) is 40.2 Å². The maximum Gasteiger partial charge on any atom is 0.191 e. The van der Waals surface area contributed by atoms with Gasteiger partial charge in [-0.25, -0.2) is 0 Å². The van der Waals surface area contributed by atoms with Crippen LogP contribution in [-0.4, -0.2) is 73.3 Å². The number of nitrogens with one attached hydrogen (secondary N) is 2. The minimum Gasteiger partial charge on any atom is -0.379 e. The number of guanidine groups is 1. The molecule has 1 heterocycles. The molecule has 0 bridgehead atoms. The second kappa shape index (κ2) is 11.3. The predicted molar refractivity (Wildman–Crippen MR) is 108 cm³/mol. The molecule has 6 nitrogen and oxygen atoms in total. The van der Waals surface area contributed by atoms with Gasteiger partial charge in [-0.3, -0.25) is 14.1 Å². The summed E-state index contributed by atoms with van der Waals surface area (Å²) in [5.74, 6) is 1.86. The number of hydrogen-bond donors (Lipinski definition) is 2. The van der Waals surface area contributed by atoms with E-state index in [4.69, 9.17) is 4.74 Å². The third-order valence-corrected chi connectivity index (χ3v) is 5.95. The van der Waals surface area contributed by atoms with Gasteiger partial charge in [-0.1, -0.05) is 32.0 Å². The molecule has 0 aliphatic carbocycles. The van der Waals surface area contributed by atoms with Crippen molar-refractivity contribution in [3.05, 3.63) is 30.3 Å². The summed E-state index contributed by atoms with van der Waals surface area (Å²) in [6, 6.07) is 10.0. The molecule has 1 aromatic carbocycles. The van der Waals surface area contributed by atoms with Crippen molar-refractivity contribution in [1.82, 2.24) is 15.5 Å². The Bertz CT molecular complexity index is 574. The Balaban J connectivity index is 1.76. The Morgan fingerprint density at radius 2 is 1.92 bits per heavy atom. The third-order valence-electron chi connectivity index (χ3n) is 4.57. The van der Waals surface area contributed by atoms with Crippen LogP contribution in [0.5, 0.6) is 0 Å². The van der Waals surface area contributed by atoms with Crippen molar-refractivity contribution in [2.24, 2.45) is 10.9 Å². The van der Waals surface area contributed by atoms with Gasteiger partial charge in [0.25, 0.3) is 0 Å². The van der Waals surface area contributed by atoms with Gasteiger partial charge in [0.1, 0.15) is 0 Å². The Kier molecular flexibility index (Phi) is 9.08. The lowest BCUT2D eigenvalue weighted by atomic mass is 10.0. The number of morpholine rings is 1. The van der Waals surface area contributed by atoms with Crippen molar-refractivity contribution < 1.29 is 8.95 Å². The highest BCUT2D eigenvalue weighted by Crippen LogP contribution is 2.12. The summed E-state index contributed by atoms with van der Waals surface area (Å²) in [5.41, 5.74) is 0. The molecule has 26 heavy (non-hydrogen) atoms. The fourth-order valence-electron chi connectivity index (χ4n) is 3.07. The predicted octanol–water partition coefficient (Wildman–Crippen LogP) is 1.32. The Morgan fingerprint density at radius 1 is 1.23 bits per heavy atom.